The Kier molecular flexibility index (Phi) is 14.8. The minimum absolute atomic E-state index is 0. The summed E-state index contributed by atoms with van der Waals surface area (Å²) in [6, 6.07) is 29.4. The van der Waals surface area contributed by atoms with Crippen LogP contribution in [0.25, 0.3) is 22.3 Å². The number of hydrogen-bond acceptors (Lipinski definition) is 14. The van der Waals surface area contributed by atoms with Crippen LogP contribution in [0.2, 0.25) is 0 Å². The zero-order chi connectivity index (χ0) is 41.8. The Morgan fingerprint density at radius 3 is 1.42 bits per heavy atom. The van der Waals surface area contributed by atoms with Crippen LogP contribution in [0.1, 0.15) is 55.5 Å². The second kappa shape index (κ2) is 20.3. The summed E-state index contributed by atoms with van der Waals surface area (Å²) in [5.41, 5.74) is 5.07. The van der Waals surface area contributed by atoms with Crippen molar-refractivity contribution in [2.75, 3.05) is 26.4 Å². The SMILES string of the molecule is C.C=CC(=O)OCCOC(=O)CCC(=O)Oc1ccc(C2(c3ccc(OC(=O)CCC(=O)OCCOC(=O)C=C)cc3)c3ccccc3-c3nc4ccccc4nc32)cc1. The van der Waals surface area contributed by atoms with Gasteiger partial charge >= 0.3 is 35.8 Å². The standard InChI is InChI=1S/C45H38N2O12.CH4/c1-3-37(48)54-25-27-56-39(50)21-23-41(52)58-31-17-13-29(14-18-31)45(34-10-6-5-9-33(34)43-44(45)47-36-12-8-7-11-35(36)46-43)30-15-19-32(20-16-30)59-42(53)24-22-40(51)57-28-26-55-38(49)4-2;/h3-20H,1-2,21-28H2;1H4. The van der Waals surface area contributed by atoms with Gasteiger partial charge in [0.25, 0.3) is 0 Å². The Morgan fingerprint density at radius 2 is 0.933 bits per heavy atom. The number of fused-ring (bicyclic) bond motifs is 4. The molecule has 4 aromatic carbocycles. The smallest absolute Gasteiger partial charge is 0.330 e. The molecule has 0 N–H and O–H groups in total. The van der Waals surface area contributed by atoms with Gasteiger partial charge in [-0.15, -0.1) is 0 Å². The van der Waals surface area contributed by atoms with Gasteiger partial charge < -0.3 is 28.4 Å². The molecule has 1 aromatic heterocycles. The fraction of sp³-hybridized carbons (Fsp3) is 0.217. The number of esters is 6. The number of hydrogen-bond donors (Lipinski definition) is 0. The number of carbonyl (C=O) groups is 6. The van der Waals surface area contributed by atoms with E-state index in [0.29, 0.717) is 16.9 Å². The molecule has 0 unspecified atom stereocenters. The van der Waals surface area contributed by atoms with E-state index in [1.807, 2.05) is 72.8 Å². The number of para-hydroxylation sites is 2. The third kappa shape index (κ3) is 10.1. The molecule has 5 aromatic rings. The summed E-state index contributed by atoms with van der Waals surface area (Å²) in [4.78, 5) is 82.1. The molecule has 0 amide bonds. The maximum atomic E-state index is 12.7. The highest BCUT2D eigenvalue weighted by molar-refractivity contribution is 5.88. The van der Waals surface area contributed by atoms with Crippen LogP contribution in [-0.4, -0.2) is 72.2 Å². The topological polar surface area (TPSA) is 184 Å². The van der Waals surface area contributed by atoms with E-state index < -0.39 is 41.2 Å². The molecule has 0 bridgehead atoms. The van der Waals surface area contributed by atoms with E-state index >= 15 is 0 Å². The molecule has 1 aliphatic carbocycles. The first-order chi connectivity index (χ1) is 28.6. The third-order valence-corrected chi connectivity index (χ3v) is 9.13. The molecule has 0 aliphatic heterocycles. The average molecular weight is 815 g/mol. The van der Waals surface area contributed by atoms with Gasteiger partial charge in [0.05, 0.1) is 53.5 Å². The first kappa shape index (κ1) is 43.6. The summed E-state index contributed by atoms with van der Waals surface area (Å²) in [7, 11) is 0. The van der Waals surface area contributed by atoms with Crippen molar-refractivity contribution in [1.29, 1.82) is 0 Å². The molecule has 0 saturated heterocycles. The molecule has 308 valence electrons. The highest BCUT2D eigenvalue weighted by atomic mass is 16.6. The summed E-state index contributed by atoms with van der Waals surface area (Å²) in [6.07, 6.45) is 1.05. The third-order valence-electron chi connectivity index (χ3n) is 9.13. The maximum Gasteiger partial charge on any atom is 0.330 e. The Bertz CT molecular complexity index is 2310. The number of rotatable bonds is 18. The molecule has 0 spiro atoms. The molecule has 0 radical (unpaired) electrons. The van der Waals surface area contributed by atoms with Crippen LogP contribution in [-0.2, 0) is 53.1 Å². The molecule has 1 aliphatic rings. The lowest BCUT2D eigenvalue weighted by molar-refractivity contribution is -0.151. The molecule has 14 heteroatoms. The lowest BCUT2D eigenvalue weighted by Gasteiger charge is -2.32. The number of benzene rings is 4. The van der Waals surface area contributed by atoms with Crippen molar-refractivity contribution in [3.05, 3.63) is 145 Å². The van der Waals surface area contributed by atoms with Crippen molar-refractivity contribution in [1.82, 2.24) is 9.97 Å². The Labute approximate surface area is 345 Å². The summed E-state index contributed by atoms with van der Waals surface area (Å²) in [6.45, 7) is 5.99. The second-order valence-corrected chi connectivity index (χ2v) is 12.9. The minimum atomic E-state index is -1.03. The Balaban J connectivity index is 0.00000683. The van der Waals surface area contributed by atoms with E-state index in [2.05, 4.69) is 13.2 Å². The van der Waals surface area contributed by atoms with Crippen LogP contribution < -0.4 is 9.47 Å². The van der Waals surface area contributed by atoms with Gasteiger partial charge in [-0.05, 0) is 53.1 Å². The van der Waals surface area contributed by atoms with Crippen LogP contribution in [0.3, 0.4) is 0 Å². The summed E-state index contributed by atoms with van der Waals surface area (Å²) in [5.74, 6) is -3.38. The highest BCUT2D eigenvalue weighted by Crippen LogP contribution is 2.55. The fourth-order valence-electron chi connectivity index (χ4n) is 6.52. The lowest BCUT2D eigenvalue weighted by Crippen LogP contribution is -2.29. The van der Waals surface area contributed by atoms with Crippen molar-refractivity contribution >= 4 is 46.8 Å². The van der Waals surface area contributed by atoms with E-state index in [1.54, 1.807) is 24.3 Å². The van der Waals surface area contributed by atoms with Gasteiger partial charge in [0, 0.05) is 17.7 Å². The quantitative estimate of drug-likeness (QED) is 0.0299. The number of carbonyl (C=O) groups excluding carboxylic acids is 6. The van der Waals surface area contributed by atoms with E-state index in [0.717, 1.165) is 39.9 Å². The first-order valence-corrected chi connectivity index (χ1v) is 18.5. The molecule has 0 fully saturated rings. The largest absolute Gasteiger partial charge is 0.462 e. The lowest BCUT2D eigenvalue weighted by atomic mass is 9.69. The van der Waals surface area contributed by atoms with E-state index in [9.17, 15) is 28.8 Å². The number of aromatic nitrogens is 2. The van der Waals surface area contributed by atoms with Crippen molar-refractivity contribution in [2.45, 2.75) is 38.5 Å². The van der Waals surface area contributed by atoms with Gasteiger partial charge in [-0.2, -0.15) is 0 Å². The molecular weight excluding hydrogens is 773 g/mol. The molecule has 6 rings (SSSR count). The Morgan fingerprint density at radius 1 is 0.517 bits per heavy atom. The van der Waals surface area contributed by atoms with Crippen molar-refractivity contribution in [3.8, 4) is 22.8 Å². The van der Waals surface area contributed by atoms with Crippen LogP contribution >= 0.6 is 0 Å². The van der Waals surface area contributed by atoms with Gasteiger partial charge in [-0.1, -0.05) is 81.2 Å². The zero-order valence-electron chi connectivity index (χ0n) is 31.8. The molecule has 14 nitrogen and oxygen atoms in total. The molecule has 60 heavy (non-hydrogen) atoms. The minimum Gasteiger partial charge on any atom is -0.462 e. The predicted molar refractivity (Wildman–Crippen MR) is 218 cm³/mol. The Hall–Kier alpha value is -7.48. The fourth-order valence-corrected chi connectivity index (χ4v) is 6.52. The normalized spacial score (nSPS) is 11.7. The van der Waals surface area contributed by atoms with Crippen molar-refractivity contribution in [2.24, 2.45) is 0 Å². The summed E-state index contributed by atoms with van der Waals surface area (Å²) >= 11 is 0. The zero-order valence-corrected chi connectivity index (χ0v) is 31.8. The van der Waals surface area contributed by atoms with Crippen molar-refractivity contribution < 1.29 is 57.2 Å². The monoisotopic (exact) mass is 814 g/mol. The highest BCUT2D eigenvalue weighted by Gasteiger charge is 2.48. The van der Waals surface area contributed by atoms with Gasteiger partial charge in [0.1, 0.15) is 37.9 Å². The molecule has 0 saturated carbocycles. The van der Waals surface area contributed by atoms with E-state index in [1.165, 1.54) is 0 Å². The number of ether oxygens (including phenoxy) is 6. The van der Waals surface area contributed by atoms with Gasteiger partial charge in [-0.25, -0.2) is 19.6 Å². The van der Waals surface area contributed by atoms with Crippen LogP contribution in [0.4, 0.5) is 0 Å². The summed E-state index contributed by atoms with van der Waals surface area (Å²) in [5, 5.41) is 0. The summed E-state index contributed by atoms with van der Waals surface area (Å²) < 4.78 is 30.6. The second-order valence-electron chi connectivity index (χ2n) is 12.9. The van der Waals surface area contributed by atoms with Crippen molar-refractivity contribution in [3.63, 3.8) is 0 Å². The van der Waals surface area contributed by atoms with Gasteiger partial charge in [0.15, 0.2) is 0 Å². The van der Waals surface area contributed by atoms with Gasteiger partial charge in [-0.3, -0.25) is 19.2 Å². The number of nitrogens with zero attached hydrogens (tertiary/aromatic N) is 2. The molecular formula is C46H42N2O12. The predicted octanol–water partition coefficient (Wildman–Crippen LogP) is 6.55. The van der Waals surface area contributed by atoms with Gasteiger partial charge in [0.2, 0.25) is 0 Å². The van der Waals surface area contributed by atoms with Crippen LogP contribution in [0.15, 0.2) is 122 Å². The van der Waals surface area contributed by atoms with Crippen LogP contribution in [0.5, 0.6) is 11.5 Å². The van der Waals surface area contributed by atoms with Crippen LogP contribution in [0, 0.1) is 0 Å². The first-order valence-electron chi connectivity index (χ1n) is 18.5. The average Bonchev–Trinajstić information content (AvgIpc) is 3.54. The molecule has 1 heterocycles. The van der Waals surface area contributed by atoms with E-state index in [4.69, 9.17) is 38.4 Å². The maximum absolute atomic E-state index is 12.7. The van der Waals surface area contributed by atoms with E-state index in [-0.39, 0.29) is 71.0 Å². The molecule has 0 atom stereocenters.